The molecule has 0 saturated carbocycles. The molecule has 1 aliphatic rings. The van der Waals surface area contributed by atoms with Crippen LogP contribution >= 0.6 is 11.3 Å². The molecule has 0 unspecified atom stereocenters. The van der Waals surface area contributed by atoms with E-state index in [4.69, 9.17) is 4.74 Å². The summed E-state index contributed by atoms with van der Waals surface area (Å²) >= 11 is 1.15. The number of benzene rings is 1. The number of fused-ring (bicyclic) bond motifs is 2. The van der Waals surface area contributed by atoms with Crippen molar-refractivity contribution >= 4 is 33.3 Å². The number of Topliss-reactive ketones (excluding diaryl/α,β-unsaturated/α-hetero) is 1. The molecule has 4 rings (SSSR count). The number of carbonyl (C=O) groups is 2. The maximum absolute atomic E-state index is 12.7. The Labute approximate surface area is 165 Å². The molecular weight excluding hydrogens is 376 g/mol. The van der Waals surface area contributed by atoms with Crippen LogP contribution in [-0.4, -0.2) is 27.4 Å². The first-order valence-electron chi connectivity index (χ1n) is 9.21. The second kappa shape index (κ2) is 6.98. The molecule has 144 valence electrons. The summed E-state index contributed by atoms with van der Waals surface area (Å²) < 4.78 is 7.10. The standard InChI is InChI=1S/C21H20N2O4S/c1-11-6-8-14(9-7-11)17(24)13(3)27-21(26)18-12(2)16-19(28-18)22-15-5-4-10-23(15)20(16)25/h6-9,13H,4-5,10H2,1-3H3/t13-/m1/s1. The largest absolute Gasteiger partial charge is 0.450 e. The molecule has 0 saturated heterocycles. The van der Waals surface area contributed by atoms with Gasteiger partial charge in [-0.15, -0.1) is 11.3 Å². The zero-order chi connectivity index (χ0) is 20.0. The quantitative estimate of drug-likeness (QED) is 0.499. The summed E-state index contributed by atoms with van der Waals surface area (Å²) in [5.41, 5.74) is 2.01. The molecule has 0 N–H and O–H groups in total. The lowest BCUT2D eigenvalue weighted by molar-refractivity contribution is 0.0323. The van der Waals surface area contributed by atoms with E-state index in [0.717, 1.165) is 35.6 Å². The summed E-state index contributed by atoms with van der Waals surface area (Å²) in [6.45, 7) is 5.89. The highest BCUT2D eigenvalue weighted by molar-refractivity contribution is 7.20. The number of hydrogen-bond acceptors (Lipinski definition) is 6. The Kier molecular flexibility index (Phi) is 4.63. The number of thiophene rings is 1. The predicted molar refractivity (Wildman–Crippen MR) is 107 cm³/mol. The van der Waals surface area contributed by atoms with Gasteiger partial charge >= 0.3 is 5.97 Å². The van der Waals surface area contributed by atoms with Crippen molar-refractivity contribution in [2.75, 3.05) is 0 Å². The highest BCUT2D eigenvalue weighted by Gasteiger charge is 2.26. The van der Waals surface area contributed by atoms with E-state index in [1.54, 1.807) is 30.5 Å². The van der Waals surface area contributed by atoms with Gasteiger partial charge in [0.2, 0.25) is 5.78 Å². The Morgan fingerprint density at radius 2 is 1.93 bits per heavy atom. The van der Waals surface area contributed by atoms with Crippen LogP contribution in [0, 0.1) is 13.8 Å². The van der Waals surface area contributed by atoms with Crippen molar-refractivity contribution in [3.8, 4) is 0 Å². The minimum Gasteiger partial charge on any atom is -0.450 e. The summed E-state index contributed by atoms with van der Waals surface area (Å²) in [6.07, 6.45) is 0.759. The van der Waals surface area contributed by atoms with Crippen molar-refractivity contribution in [1.29, 1.82) is 0 Å². The van der Waals surface area contributed by atoms with Crippen molar-refractivity contribution < 1.29 is 14.3 Å². The fourth-order valence-electron chi connectivity index (χ4n) is 3.49. The number of esters is 1. The van der Waals surface area contributed by atoms with E-state index >= 15 is 0 Å². The van der Waals surface area contributed by atoms with Crippen molar-refractivity contribution in [1.82, 2.24) is 9.55 Å². The minimum atomic E-state index is -0.918. The third kappa shape index (κ3) is 3.05. The number of ketones is 1. The Balaban J connectivity index is 1.61. The molecule has 6 nitrogen and oxygen atoms in total. The van der Waals surface area contributed by atoms with Crippen LogP contribution in [0.3, 0.4) is 0 Å². The van der Waals surface area contributed by atoms with Gasteiger partial charge in [-0.1, -0.05) is 29.8 Å². The van der Waals surface area contributed by atoms with Crippen LogP contribution in [0.1, 0.15) is 50.3 Å². The van der Waals surface area contributed by atoms with Gasteiger partial charge in [0.15, 0.2) is 6.10 Å². The molecule has 0 aliphatic carbocycles. The van der Waals surface area contributed by atoms with E-state index in [9.17, 15) is 14.4 Å². The number of aryl methyl sites for hydroxylation is 3. The molecule has 2 aromatic heterocycles. The Morgan fingerprint density at radius 3 is 2.64 bits per heavy atom. The Hall–Kier alpha value is -2.80. The third-order valence-electron chi connectivity index (χ3n) is 5.09. The molecule has 7 heteroatoms. The average Bonchev–Trinajstić information content (AvgIpc) is 3.27. The number of carbonyl (C=O) groups excluding carboxylic acids is 2. The normalized spacial score (nSPS) is 14.1. The van der Waals surface area contributed by atoms with E-state index in [0.29, 0.717) is 32.8 Å². The average molecular weight is 396 g/mol. The molecule has 0 bridgehead atoms. The molecule has 1 aliphatic heterocycles. The van der Waals surface area contributed by atoms with Gasteiger partial charge in [0, 0.05) is 18.5 Å². The lowest BCUT2D eigenvalue weighted by atomic mass is 10.1. The third-order valence-corrected chi connectivity index (χ3v) is 6.25. The van der Waals surface area contributed by atoms with Crippen LogP contribution in [0.15, 0.2) is 29.1 Å². The SMILES string of the molecule is Cc1ccc(C(=O)[C@@H](C)OC(=O)c2sc3nc4n(c(=O)c3c2C)CCC4)cc1. The zero-order valence-corrected chi connectivity index (χ0v) is 16.8. The van der Waals surface area contributed by atoms with Crippen LogP contribution < -0.4 is 5.56 Å². The predicted octanol–water partition coefficient (Wildman–Crippen LogP) is 3.45. The van der Waals surface area contributed by atoms with E-state index in [1.807, 2.05) is 19.1 Å². The number of ether oxygens (including phenoxy) is 1. The Morgan fingerprint density at radius 1 is 1.21 bits per heavy atom. The van der Waals surface area contributed by atoms with Gasteiger partial charge in [-0.25, -0.2) is 9.78 Å². The monoisotopic (exact) mass is 396 g/mol. The molecule has 3 aromatic rings. The summed E-state index contributed by atoms with van der Waals surface area (Å²) in [4.78, 5) is 43.4. The van der Waals surface area contributed by atoms with Gasteiger partial charge in [-0.3, -0.25) is 14.2 Å². The Bertz CT molecular complexity index is 1160. The van der Waals surface area contributed by atoms with Gasteiger partial charge in [-0.05, 0) is 32.8 Å². The number of rotatable bonds is 4. The number of hydrogen-bond donors (Lipinski definition) is 0. The molecule has 1 atom stereocenters. The van der Waals surface area contributed by atoms with Crippen LogP contribution in [0.5, 0.6) is 0 Å². The lowest BCUT2D eigenvalue weighted by Crippen LogP contribution is -2.24. The van der Waals surface area contributed by atoms with Crippen molar-refractivity contribution in [3.05, 3.63) is 62.0 Å². The van der Waals surface area contributed by atoms with E-state index in [2.05, 4.69) is 4.98 Å². The van der Waals surface area contributed by atoms with Crippen LogP contribution in [-0.2, 0) is 17.7 Å². The van der Waals surface area contributed by atoms with Crippen molar-refractivity contribution in [3.63, 3.8) is 0 Å². The first-order chi connectivity index (χ1) is 13.4. The van der Waals surface area contributed by atoms with Crippen LogP contribution in [0.25, 0.3) is 10.2 Å². The summed E-state index contributed by atoms with van der Waals surface area (Å²) in [6, 6.07) is 7.13. The first kappa shape index (κ1) is 18.6. The van der Waals surface area contributed by atoms with Gasteiger partial charge in [0.05, 0.1) is 5.39 Å². The van der Waals surface area contributed by atoms with Gasteiger partial charge < -0.3 is 4.74 Å². The highest BCUT2D eigenvalue weighted by Crippen LogP contribution is 2.29. The fourth-order valence-corrected chi connectivity index (χ4v) is 4.56. The maximum Gasteiger partial charge on any atom is 0.349 e. The second-order valence-corrected chi connectivity index (χ2v) is 8.10. The van der Waals surface area contributed by atoms with E-state index in [1.165, 1.54) is 0 Å². The molecule has 0 fully saturated rings. The lowest BCUT2D eigenvalue weighted by Gasteiger charge is -2.12. The van der Waals surface area contributed by atoms with E-state index < -0.39 is 12.1 Å². The summed E-state index contributed by atoms with van der Waals surface area (Å²) in [5.74, 6) is -0.0936. The van der Waals surface area contributed by atoms with Crippen LogP contribution in [0.4, 0.5) is 0 Å². The summed E-state index contributed by atoms with van der Waals surface area (Å²) in [5, 5.41) is 0.472. The van der Waals surface area contributed by atoms with Crippen molar-refractivity contribution in [2.24, 2.45) is 0 Å². The zero-order valence-electron chi connectivity index (χ0n) is 15.9. The molecule has 28 heavy (non-hydrogen) atoms. The first-order valence-corrected chi connectivity index (χ1v) is 10.0. The van der Waals surface area contributed by atoms with Crippen LogP contribution in [0.2, 0.25) is 0 Å². The van der Waals surface area contributed by atoms with Crippen molar-refractivity contribution in [2.45, 2.75) is 46.3 Å². The smallest absolute Gasteiger partial charge is 0.349 e. The topological polar surface area (TPSA) is 78.3 Å². The molecule has 0 radical (unpaired) electrons. The molecule has 1 aromatic carbocycles. The minimum absolute atomic E-state index is 0.103. The summed E-state index contributed by atoms with van der Waals surface area (Å²) in [7, 11) is 0. The number of aromatic nitrogens is 2. The highest BCUT2D eigenvalue weighted by atomic mass is 32.1. The van der Waals surface area contributed by atoms with Gasteiger partial charge in [0.25, 0.3) is 5.56 Å². The number of nitrogens with zero attached hydrogens (tertiary/aromatic N) is 2. The second-order valence-electron chi connectivity index (χ2n) is 7.10. The fraction of sp³-hybridized carbons (Fsp3) is 0.333. The molecule has 0 spiro atoms. The molecular formula is C21H20N2O4S. The maximum atomic E-state index is 12.7. The van der Waals surface area contributed by atoms with E-state index in [-0.39, 0.29) is 11.3 Å². The molecule has 0 amide bonds. The van der Waals surface area contributed by atoms with Gasteiger partial charge in [0.1, 0.15) is 15.5 Å². The molecule has 3 heterocycles. The van der Waals surface area contributed by atoms with Gasteiger partial charge in [-0.2, -0.15) is 0 Å².